The fraction of sp³-hybridized carbons (Fsp3) is 0.222. The standard InChI is InChI=1S/C18H20FN3O3/c1-2-20-18(24)22-17(23)11-21-15-4-3-5-16(10-15)25-12-13-6-8-14(19)9-7-13/h3-10,21H,2,11-12H2,1H3,(H2,20,22,23,24). The summed E-state index contributed by atoms with van der Waals surface area (Å²) in [4.78, 5) is 22.9. The van der Waals surface area contributed by atoms with Gasteiger partial charge in [0.05, 0.1) is 6.54 Å². The van der Waals surface area contributed by atoms with Gasteiger partial charge in [0.1, 0.15) is 18.2 Å². The van der Waals surface area contributed by atoms with Gasteiger partial charge < -0.3 is 15.4 Å². The molecule has 0 aliphatic carbocycles. The van der Waals surface area contributed by atoms with Crippen LogP contribution in [0.1, 0.15) is 12.5 Å². The molecule has 2 aromatic rings. The zero-order chi connectivity index (χ0) is 18.1. The van der Waals surface area contributed by atoms with Crippen molar-refractivity contribution in [2.75, 3.05) is 18.4 Å². The van der Waals surface area contributed by atoms with Crippen molar-refractivity contribution in [2.45, 2.75) is 13.5 Å². The Labute approximate surface area is 145 Å². The van der Waals surface area contributed by atoms with Crippen LogP contribution in [0.4, 0.5) is 14.9 Å². The summed E-state index contributed by atoms with van der Waals surface area (Å²) in [6.45, 7) is 2.47. The Balaban J connectivity index is 1.83. The zero-order valence-electron chi connectivity index (χ0n) is 13.8. The fourth-order valence-corrected chi connectivity index (χ4v) is 2.00. The first kappa shape index (κ1) is 18.3. The zero-order valence-corrected chi connectivity index (χ0v) is 13.8. The number of nitrogens with one attached hydrogen (secondary N) is 3. The molecule has 0 unspecified atom stereocenters. The van der Waals surface area contributed by atoms with Crippen LogP contribution < -0.4 is 20.7 Å². The molecule has 0 heterocycles. The first-order valence-corrected chi connectivity index (χ1v) is 7.85. The molecule has 3 N–H and O–H groups in total. The normalized spacial score (nSPS) is 10.0. The molecule has 0 spiro atoms. The summed E-state index contributed by atoms with van der Waals surface area (Å²) in [6.07, 6.45) is 0. The monoisotopic (exact) mass is 345 g/mol. The predicted octanol–water partition coefficient (Wildman–Crippen LogP) is 2.66. The predicted molar refractivity (Wildman–Crippen MR) is 92.9 cm³/mol. The number of hydrogen-bond donors (Lipinski definition) is 3. The molecule has 0 bridgehead atoms. The molecule has 0 fully saturated rings. The fourth-order valence-electron chi connectivity index (χ4n) is 2.00. The second-order valence-electron chi connectivity index (χ2n) is 5.20. The Hall–Kier alpha value is -3.09. The van der Waals surface area contributed by atoms with Gasteiger partial charge >= 0.3 is 6.03 Å². The average Bonchev–Trinajstić information content (AvgIpc) is 2.60. The van der Waals surface area contributed by atoms with E-state index in [2.05, 4.69) is 16.0 Å². The van der Waals surface area contributed by atoms with Crippen LogP contribution in [0, 0.1) is 5.82 Å². The van der Waals surface area contributed by atoms with Crippen LogP contribution in [0.3, 0.4) is 0 Å². The Morgan fingerprint density at radius 3 is 2.60 bits per heavy atom. The van der Waals surface area contributed by atoms with Gasteiger partial charge in [-0.1, -0.05) is 18.2 Å². The maximum Gasteiger partial charge on any atom is 0.321 e. The van der Waals surface area contributed by atoms with Gasteiger partial charge in [0.2, 0.25) is 5.91 Å². The van der Waals surface area contributed by atoms with E-state index in [-0.39, 0.29) is 12.4 Å². The van der Waals surface area contributed by atoms with Crippen molar-refractivity contribution in [3.63, 3.8) is 0 Å². The number of anilines is 1. The molecule has 0 aliphatic heterocycles. The maximum atomic E-state index is 12.9. The van der Waals surface area contributed by atoms with Crippen LogP contribution in [-0.2, 0) is 11.4 Å². The molecule has 7 heteroatoms. The van der Waals surface area contributed by atoms with E-state index in [1.165, 1.54) is 12.1 Å². The lowest BCUT2D eigenvalue weighted by molar-refractivity contribution is -0.118. The van der Waals surface area contributed by atoms with Crippen LogP contribution in [0.25, 0.3) is 0 Å². The van der Waals surface area contributed by atoms with E-state index in [1.807, 2.05) is 0 Å². The number of amides is 3. The highest BCUT2D eigenvalue weighted by Gasteiger charge is 2.06. The van der Waals surface area contributed by atoms with Crippen molar-refractivity contribution in [1.82, 2.24) is 10.6 Å². The minimum Gasteiger partial charge on any atom is -0.489 e. The number of imide groups is 1. The number of ether oxygens (including phenoxy) is 1. The SMILES string of the molecule is CCNC(=O)NC(=O)CNc1cccc(OCc2ccc(F)cc2)c1. The molecular weight excluding hydrogens is 325 g/mol. The van der Waals surface area contributed by atoms with Crippen LogP contribution in [-0.4, -0.2) is 25.0 Å². The number of carbonyl (C=O) groups is 2. The van der Waals surface area contributed by atoms with Crippen molar-refractivity contribution >= 4 is 17.6 Å². The Bertz CT molecular complexity index is 720. The molecule has 0 atom stereocenters. The largest absolute Gasteiger partial charge is 0.489 e. The molecule has 0 saturated carbocycles. The summed E-state index contributed by atoms with van der Waals surface area (Å²) in [6, 6.07) is 12.6. The molecule has 0 saturated heterocycles. The van der Waals surface area contributed by atoms with Gasteiger partial charge in [-0.05, 0) is 36.8 Å². The van der Waals surface area contributed by atoms with E-state index in [0.29, 0.717) is 24.6 Å². The van der Waals surface area contributed by atoms with Crippen LogP contribution in [0.15, 0.2) is 48.5 Å². The highest BCUT2D eigenvalue weighted by atomic mass is 19.1. The van der Waals surface area contributed by atoms with Gasteiger partial charge in [-0.25, -0.2) is 9.18 Å². The molecule has 0 radical (unpaired) electrons. The van der Waals surface area contributed by atoms with E-state index in [1.54, 1.807) is 43.3 Å². The lowest BCUT2D eigenvalue weighted by Crippen LogP contribution is -2.41. The molecule has 25 heavy (non-hydrogen) atoms. The number of benzene rings is 2. The van der Waals surface area contributed by atoms with Crippen LogP contribution >= 0.6 is 0 Å². The second-order valence-corrected chi connectivity index (χ2v) is 5.20. The van der Waals surface area contributed by atoms with Crippen molar-refractivity contribution in [3.8, 4) is 5.75 Å². The number of halogens is 1. The lowest BCUT2D eigenvalue weighted by atomic mass is 10.2. The van der Waals surface area contributed by atoms with Crippen LogP contribution in [0.5, 0.6) is 5.75 Å². The van der Waals surface area contributed by atoms with Gasteiger partial charge in [-0.3, -0.25) is 10.1 Å². The van der Waals surface area contributed by atoms with Gasteiger partial charge in [0, 0.05) is 18.3 Å². The summed E-state index contributed by atoms with van der Waals surface area (Å²) >= 11 is 0. The summed E-state index contributed by atoms with van der Waals surface area (Å²) in [5.74, 6) is -0.122. The van der Waals surface area contributed by atoms with Crippen molar-refractivity contribution in [3.05, 3.63) is 59.9 Å². The number of carbonyl (C=O) groups excluding carboxylic acids is 2. The van der Waals surface area contributed by atoms with Crippen molar-refractivity contribution in [1.29, 1.82) is 0 Å². The van der Waals surface area contributed by atoms with Crippen molar-refractivity contribution in [2.24, 2.45) is 0 Å². The van der Waals surface area contributed by atoms with E-state index in [9.17, 15) is 14.0 Å². The molecule has 0 aliphatic rings. The Morgan fingerprint density at radius 1 is 1.12 bits per heavy atom. The minimum absolute atomic E-state index is 0.0431. The Kier molecular flexibility index (Phi) is 6.76. The van der Waals surface area contributed by atoms with E-state index in [4.69, 9.17) is 4.74 Å². The first-order valence-electron chi connectivity index (χ1n) is 7.85. The van der Waals surface area contributed by atoms with Crippen LogP contribution in [0.2, 0.25) is 0 Å². The van der Waals surface area contributed by atoms with E-state index >= 15 is 0 Å². The third-order valence-electron chi connectivity index (χ3n) is 3.20. The third-order valence-corrected chi connectivity index (χ3v) is 3.20. The lowest BCUT2D eigenvalue weighted by Gasteiger charge is -2.10. The molecule has 6 nitrogen and oxygen atoms in total. The highest BCUT2D eigenvalue weighted by molar-refractivity contribution is 5.96. The summed E-state index contributed by atoms with van der Waals surface area (Å²) < 4.78 is 18.5. The summed E-state index contributed by atoms with van der Waals surface area (Å²) in [5.41, 5.74) is 1.53. The van der Waals surface area contributed by atoms with Gasteiger partial charge in [-0.15, -0.1) is 0 Å². The quantitative estimate of drug-likeness (QED) is 0.721. The number of hydrogen-bond acceptors (Lipinski definition) is 4. The molecular formula is C18H20FN3O3. The molecule has 132 valence electrons. The number of rotatable bonds is 7. The average molecular weight is 345 g/mol. The van der Waals surface area contributed by atoms with Gasteiger partial charge in [0.15, 0.2) is 0 Å². The number of urea groups is 1. The molecule has 2 aromatic carbocycles. The molecule has 2 rings (SSSR count). The highest BCUT2D eigenvalue weighted by Crippen LogP contribution is 2.18. The van der Waals surface area contributed by atoms with Gasteiger partial charge in [-0.2, -0.15) is 0 Å². The smallest absolute Gasteiger partial charge is 0.321 e. The van der Waals surface area contributed by atoms with E-state index in [0.717, 1.165) is 5.56 Å². The Morgan fingerprint density at radius 2 is 1.88 bits per heavy atom. The molecule has 3 amide bonds. The summed E-state index contributed by atoms with van der Waals surface area (Å²) in [7, 11) is 0. The van der Waals surface area contributed by atoms with E-state index < -0.39 is 11.9 Å². The molecule has 0 aromatic heterocycles. The second kappa shape index (κ2) is 9.27. The third kappa shape index (κ3) is 6.50. The van der Waals surface area contributed by atoms with Crippen molar-refractivity contribution < 1.29 is 18.7 Å². The topological polar surface area (TPSA) is 79.5 Å². The maximum absolute atomic E-state index is 12.9. The summed E-state index contributed by atoms with van der Waals surface area (Å²) in [5, 5.41) is 7.60. The van der Waals surface area contributed by atoms with Gasteiger partial charge in [0.25, 0.3) is 0 Å². The minimum atomic E-state index is -0.523. The first-order chi connectivity index (χ1) is 12.1.